The van der Waals surface area contributed by atoms with Crippen molar-refractivity contribution in [2.75, 3.05) is 13.6 Å². The number of hydroxylamine groups is 1. The Kier molecular flexibility index (Phi) is 5.24. The highest BCUT2D eigenvalue weighted by molar-refractivity contribution is 5.78. The van der Waals surface area contributed by atoms with Crippen LogP contribution >= 0.6 is 0 Å². The number of aromatic nitrogens is 2. The van der Waals surface area contributed by atoms with Crippen molar-refractivity contribution in [3.8, 4) is 0 Å². The molecule has 84 valence electrons. The average molecular weight is 211 g/mol. The van der Waals surface area contributed by atoms with Crippen LogP contribution in [0.1, 0.15) is 18.5 Å². The van der Waals surface area contributed by atoms with E-state index in [1.165, 1.54) is 0 Å². The maximum Gasteiger partial charge on any atom is 0.215 e. The number of rotatable bonds is 5. The lowest BCUT2D eigenvalue weighted by Crippen LogP contribution is -2.35. The van der Waals surface area contributed by atoms with Gasteiger partial charge in [-0.2, -0.15) is 0 Å². The molecule has 0 amide bonds. The van der Waals surface area contributed by atoms with Crippen LogP contribution in [0.3, 0.4) is 0 Å². The summed E-state index contributed by atoms with van der Waals surface area (Å²) in [4.78, 5) is 10.8. The number of H-pyrrole nitrogens is 1. The second kappa shape index (κ2) is 6.83. The quantitative estimate of drug-likeness (QED) is 0.244. The second-order valence-electron chi connectivity index (χ2n) is 3.14. The van der Waals surface area contributed by atoms with E-state index in [-0.39, 0.29) is 0 Å². The molecule has 1 rings (SSSR count). The zero-order valence-electron chi connectivity index (χ0n) is 8.82. The minimum Gasteiger partial charge on any atom is -0.355 e. The van der Waals surface area contributed by atoms with Gasteiger partial charge in [0.2, 0.25) is 5.96 Å². The summed E-state index contributed by atoms with van der Waals surface area (Å²) in [5.41, 5.74) is 3.13. The first-order valence-corrected chi connectivity index (χ1v) is 4.95. The maximum atomic E-state index is 8.58. The number of aromatic amines is 1. The van der Waals surface area contributed by atoms with Crippen LogP contribution in [0.2, 0.25) is 0 Å². The lowest BCUT2D eigenvalue weighted by Gasteiger charge is -2.06. The van der Waals surface area contributed by atoms with Crippen LogP contribution in [0.5, 0.6) is 0 Å². The number of guanidine groups is 1. The minimum atomic E-state index is 0.400. The Balaban J connectivity index is 2.02. The van der Waals surface area contributed by atoms with Crippen molar-refractivity contribution in [2.24, 2.45) is 4.99 Å². The van der Waals surface area contributed by atoms with Crippen molar-refractivity contribution in [1.82, 2.24) is 20.8 Å². The van der Waals surface area contributed by atoms with Crippen LogP contribution < -0.4 is 10.8 Å². The number of aliphatic imine (C=N–C) groups is 1. The fourth-order valence-electron chi connectivity index (χ4n) is 1.24. The fourth-order valence-corrected chi connectivity index (χ4v) is 1.24. The third-order valence-corrected chi connectivity index (χ3v) is 2.05. The third kappa shape index (κ3) is 4.46. The summed E-state index contributed by atoms with van der Waals surface area (Å²) in [7, 11) is 1.61. The molecule has 6 heteroatoms. The van der Waals surface area contributed by atoms with Crippen LogP contribution in [0.25, 0.3) is 0 Å². The highest BCUT2D eigenvalue weighted by Gasteiger charge is 1.95. The summed E-state index contributed by atoms with van der Waals surface area (Å²) < 4.78 is 0. The van der Waals surface area contributed by atoms with Crippen molar-refractivity contribution in [1.29, 1.82) is 0 Å². The monoisotopic (exact) mass is 211 g/mol. The van der Waals surface area contributed by atoms with Crippen LogP contribution in [0.15, 0.2) is 17.5 Å². The van der Waals surface area contributed by atoms with Crippen LogP contribution in [-0.2, 0) is 6.42 Å². The Morgan fingerprint density at radius 1 is 1.60 bits per heavy atom. The van der Waals surface area contributed by atoms with E-state index in [9.17, 15) is 0 Å². The standard InChI is InChI=1S/C9H17N5O/c1-10-9(14-15)12-5-3-2-4-8-6-11-7-13-8/h6-7,15H,2-5H2,1H3,(H,11,13)(H2,10,12,14). The van der Waals surface area contributed by atoms with Crippen LogP contribution in [0.4, 0.5) is 0 Å². The first kappa shape index (κ1) is 11.5. The summed E-state index contributed by atoms with van der Waals surface area (Å²) in [6.07, 6.45) is 6.59. The van der Waals surface area contributed by atoms with Crippen LogP contribution in [-0.4, -0.2) is 34.7 Å². The lowest BCUT2D eigenvalue weighted by atomic mass is 10.2. The Hall–Kier alpha value is -1.56. The van der Waals surface area contributed by atoms with E-state index < -0.39 is 0 Å². The normalized spacial score (nSPS) is 11.5. The SMILES string of the molecule is CN=C(NO)NCCCCc1cnc[nH]1. The smallest absolute Gasteiger partial charge is 0.215 e. The van der Waals surface area contributed by atoms with Gasteiger partial charge in [-0.05, 0) is 19.3 Å². The van der Waals surface area contributed by atoms with Gasteiger partial charge in [0.25, 0.3) is 0 Å². The zero-order valence-corrected chi connectivity index (χ0v) is 8.82. The van der Waals surface area contributed by atoms with Gasteiger partial charge in [0.05, 0.1) is 6.33 Å². The number of aryl methyl sites for hydroxylation is 1. The summed E-state index contributed by atoms with van der Waals surface area (Å²) in [6, 6.07) is 0. The van der Waals surface area contributed by atoms with E-state index in [0.29, 0.717) is 5.96 Å². The fraction of sp³-hybridized carbons (Fsp3) is 0.556. The molecule has 0 aromatic carbocycles. The highest BCUT2D eigenvalue weighted by Crippen LogP contribution is 1.98. The van der Waals surface area contributed by atoms with Crippen molar-refractivity contribution >= 4 is 5.96 Å². The molecule has 1 aromatic rings. The minimum absolute atomic E-state index is 0.400. The molecular formula is C9H17N5O. The molecule has 4 N–H and O–H groups in total. The topological polar surface area (TPSA) is 85.3 Å². The Bertz CT molecular complexity index is 283. The summed E-state index contributed by atoms with van der Waals surface area (Å²) in [6.45, 7) is 0.786. The zero-order chi connectivity index (χ0) is 10.9. The molecule has 0 bridgehead atoms. The Morgan fingerprint density at radius 2 is 2.47 bits per heavy atom. The summed E-state index contributed by atoms with van der Waals surface area (Å²) in [5.74, 6) is 0.400. The van der Waals surface area contributed by atoms with Gasteiger partial charge in [-0.3, -0.25) is 10.2 Å². The molecule has 0 atom stereocenters. The molecule has 0 radical (unpaired) electrons. The lowest BCUT2D eigenvalue weighted by molar-refractivity contribution is 0.229. The highest BCUT2D eigenvalue weighted by atomic mass is 16.5. The van der Waals surface area contributed by atoms with Crippen molar-refractivity contribution < 1.29 is 5.21 Å². The van der Waals surface area contributed by atoms with Gasteiger partial charge in [0.15, 0.2) is 0 Å². The van der Waals surface area contributed by atoms with Gasteiger partial charge in [-0.15, -0.1) is 0 Å². The van der Waals surface area contributed by atoms with Gasteiger partial charge in [0.1, 0.15) is 0 Å². The van der Waals surface area contributed by atoms with Gasteiger partial charge in [-0.25, -0.2) is 10.5 Å². The van der Waals surface area contributed by atoms with Crippen molar-refractivity contribution in [2.45, 2.75) is 19.3 Å². The van der Waals surface area contributed by atoms with E-state index in [4.69, 9.17) is 5.21 Å². The molecule has 0 aliphatic carbocycles. The third-order valence-electron chi connectivity index (χ3n) is 2.05. The maximum absolute atomic E-state index is 8.58. The van der Waals surface area contributed by atoms with E-state index in [1.807, 2.05) is 11.7 Å². The van der Waals surface area contributed by atoms with Gasteiger partial charge < -0.3 is 10.3 Å². The van der Waals surface area contributed by atoms with E-state index in [2.05, 4.69) is 20.3 Å². The first-order valence-electron chi connectivity index (χ1n) is 4.95. The van der Waals surface area contributed by atoms with Crippen LogP contribution in [0, 0.1) is 0 Å². The predicted octanol–water partition coefficient (Wildman–Crippen LogP) is 0.287. The predicted molar refractivity (Wildman–Crippen MR) is 57.8 cm³/mol. The second-order valence-corrected chi connectivity index (χ2v) is 3.14. The first-order chi connectivity index (χ1) is 7.36. The molecular weight excluding hydrogens is 194 g/mol. The Morgan fingerprint density at radius 3 is 3.07 bits per heavy atom. The van der Waals surface area contributed by atoms with E-state index in [0.717, 1.165) is 31.5 Å². The Labute approximate surface area is 88.8 Å². The number of unbranched alkanes of at least 4 members (excludes halogenated alkanes) is 1. The van der Waals surface area contributed by atoms with Crippen molar-refractivity contribution in [3.05, 3.63) is 18.2 Å². The van der Waals surface area contributed by atoms with Gasteiger partial charge in [-0.1, -0.05) is 0 Å². The molecule has 6 nitrogen and oxygen atoms in total. The molecule has 1 heterocycles. The number of hydrogen-bond acceptors (Lipinski definition) is 3. The largest absolute Gasteiger partial charge is 0.355 e. The van der Waals surface area contributed by atoms with Crippen molar-refractivity contribution in [3.63, 3.8) is 0 Å². The molecule has 0 unspecified atom stereocenters. The van der Waals surface area contributed by atoms with Gasteiger partial charge >= 0.3 is 0 Å². The number of nitrogens with one attached hydrogen (secondary N) is 3. The summed E-state index contributed by atoms with van der Waals surface area (Å²) in [5, 5.41) is 11.5. The number of imidazole rings is 1. The molecule has 0 fully saturated rings. The summed E-state index contributed by atoms with van der Waals surface area (Å²) >= 11 is 0. The molecule has 0 saturated heterocycles. The van der Waals surface area contributed by atoms with E-state index in [1.54, 1.807) is 13.4 Å². The molecule has 0 aliphatic rings. The molecule has 0 aliphatic heterocycles. The molecule has 0 saturated carbocycles. The molecule has 15 heavy (non-hydrogen) atoms. The number of hydrogen-bond donors (Lipinski definition) is 4. The molecule has 0 spiro atoms. The number of nitrogens with zero attached hydrogens (tertiary/aromatic N) is 2. The molecule has 1 aromatic heterocycles. The average Bonchev–Trinajstić information content (AvgIpc) is 2.76. The van der Waals surface area contributed by atoms with E-state index >= 15 is 0 Å². The van der Waals surface area contributed by atoms with Gasteiger partial charge in [0, 0.05) is 25.5 Å².